The van der Waals surface area contributed by atoms with Gasteiger partial charge >= 0.3 is 0 Å². The van der Waals surface area contributed by atoms with Gasteiger partial charge in [-0.25, -0.2) is 0 Å². The zero-order chi connectivity index (χ0) is 11.5. The molecule has 1 aromatic rings. The Morgan fingerprint density at radius 2 is 2.19 bits per heavy atom. The van der Waals surface area contributed by atoms with Crippen molar-refractivity contribution in [2.45, 2.75) is 39.8 Å². The number of anilines is 1. The van der Waals surface area contributed by atoms with Crippen LogP contribution in [0.4, 0.5) is 5.69 Å². The predicted molar refractivity (Wildman–Crippen MR) is 69.0 cm³/mol. The topological polar surface area (TPSA) is 29.3 Å². The van der Waals surface area contributed by atoms with Crippen LogP contribution in [0, 0.1) is 5.92 Å². The van der Waals surface area contributed by atoms with Crippen LogP contribution in [-0.4, -0.2) is 11.4 Å². The van der Waals surface area contributed by atoms with E-state index in [0.29, 0.717) is 0 Å². The third-order valence-electron chi connectivity index (χ3n) is 3.44. The first-order valence-electron chi connectivity index (χ1n) is 6.29. The first-order valence-corrected chi connectivity index (χ1v) is 6.29. The van der Waals surface area contributed by atoms with Crippen molar-refractivity contribution in [3.63, 3.8) is 0 Å². The molecule has 1 atom stereocenters. The molecule has 2 nitrogen and oxygen atoms in total. The van der Waals surface area contributed by atoms with E-state index < -0.39 is 0 Å². The first kappa shape index (κ1) is 11.5. The molecular weight excluding hydrogens is 196 g/mol. The maximum absolute atomic E-state index is 6.00. The minimum absolute atomic E-state index is 0.792. The van der Waals surface area contributed by atoms with E-state index in [1.165, 1.54) is 30.5 Å². The number of nitrogens with zero attached hydrogens (tertiary/aromatic N) is 1. The van der Waals surface area contributed by atoms with Crippen LogP contribution in [0.1, 0.15) is 37.8 Å². The number of fused-ring (bicyclic) bond motifs is 1. The van der Waals surface area contributed by atoms with Gasteiger partial charge in [-0.1, -0.05) is 32.4 Å². The molecule has 0 saturated carbocycles. The predicted octanol–water partition coefficient (Wildman–Crippen LogP) is 3.02. The Balaban J connectivity index is 1.98. The van der Waals surface area contributed by atoms with Crippen LogP contribution in [0.2, 0.25) is 0 Å². The number of nitrogens with two attached hydrogens (primary N) is 1. The summed E-state index contributed by atoms with van der Waals surface area (Å²) in [5, 5.41) is 0. The van der Waals surface area contributed by atoms with Gasteiger partial charge in [0.25, 0.3) is 0 Å². The molecule has 1 heterocycles. The lowest BCUT2D eigenvalue weighted by atomic mass is 10.1. The SMILES string of the molecule is CCCC(C)CN1Cc2cccc(N)c2C1. The van der Waals surface area contributed by atoms with E-state index in [9.17, 15) is 0 Å². The Labute approximate surface area is 98.4 Å². The highest BCUT2D eigenvalue weighted by molar-refractivity contribution is 5.52. The van der Waals surface area contributed by atoms with Gasteiger partial charge in [-0.15, -0.1) is 0 Å². The summed E-state index contributed by atoms with van der Waals surface area (Å²) in [5.74, 6) is 0.792. The molecule has 0 aromatic heterocycles. The first-order chi connectivity index (χ1) is 7.70. The number of hydrogen-bond acceptors (Lipinski definition) is 2. The van der Waals surface area contributed by atoms with Gasteiger partial charge in [0.05, 0.1) is 0 Å². The number of rotatable bonds is 4. The largest absolute Gasteiger partial charge is 0.398 e. The fourth-order valence-electron chi connectivity index (χ4n) is 2.67. The van der Waals surface area contributed by atoms with Crippen LogP contribution >= 0.6 is 0 Å². The lowest BCUT2D eigenvalue weighted by Gasteiger charge is -2.19. The molecule has 2 rings (SSSR count). The molecule has 0 aliphatic carbocycles. The van der Waals surface area contributed by atoms with Gasteiger partial charge in [-0.3, -0.25) is 4.90 Å². The van der Waals surface area contributed by atoms with Crippen molar-refractivity contribution >= 4 is 5.69 Å². The van der Waals surface area contributed by atoms with Gasteiger partial charge in [0.2, 0.25) is 0 Å². The van der Waals surface area contributed by atoms with Crippen molar-refractivity contribution in [2.75, 3.05) is 12.3 Å². The highest BCUT2D eigenvalue weighted by atomic mass is 15.1. The van der Waals surface area contributed by atoms with Gasteiger partial charge in [-0.05, 0) is 29.5 Å². The van der Waals surface area contributed by atoms with Gasteiger partial charge in [0.15, 0.2) is 0 Å². The van der Waals surface area contributed by atoms with Gasteiger partial charge in [-0.2, -0.15) is 0 Å². The summed E-state index contributed by atoms with van der Waals surface area (Å²) in [5.41, 5.74) is 9.73. The van der Waals surface area contributed by atoms with Crippen molar-refractivity contribution in [3.05, 3.63) is 29.3 Å². The van der Waals surface area contributed by atoms with E-state index in [1.807, 2.05) is 6.07 Å². The van der Waals surface area contributed by atoms with Gasteiger partial charge < -0.3 is 5.73 Å². The Bertz CT molecular complexity index is 360. The van der Waals surface area contributed by atoms with Crippen LogP contribution in [-0.2, 0) is 13.1 Å². The smallest absolute Gasteiger partial charge is 0.0363 e. The summed E-state index contributed by atoms with van der Waals surface area (Å²) in [7, 11) is 0. The van der Waals surface area contributed by atoms with Crippen molar-refractivity contribution in [1.29, 1.82) is 0 Å². The lowest BCUT2D eigenvalue weighted by molar-refractivity contribution is 0.237. The summed E-state index contributed by atoms with van der Waals surface area (Å²) in [6, 6.07) is 6.28. The maximum atomic E-state index is 6.00. The summed E-state index contributed by atoms with van der Waals surface area (Å²) in [6.07, 6.45) is 2.60. The molecule has 0 fully saturated rings. The Morgan fingerprint density at radius 3 is 2.88 bits per heavy atom. The van der Waals surface area contributed by atoms with E-state index in [1.54, 1.807) is 0 Å². The number of hydrogen-bond donors (Lipinski definition) is 1. The molecular formula is C14H22N2. The summed E-state index contributed by atoms with van der Waals surface area (Å²) in [6.45, 7) is 7.91. The fourth-order valence-corrected chi connectivity index (χ4v) is 2.67. The average Bonchev–Trinajstić information content (AvgIpc) is 2.62. The molecule has 1 unspecified atom stereocenters. The molecule has 0 saturated heterocycles. The minimum Gasteiger partial charge on any atom is -0.398 e. The molecule has 0 radical (unpaired) electrons. The molecule has 2 heteroatoms. The van der Waals surface area contributed by atoms with Crippen LogP contribution in [0.15, 0.2) is 18.2 Å². The van der Waals surface area contributed by atoms with E-state index in [4.69, 9.17) is 5.73 Å². The second-order valence-corrected chi connectivity index (χ2v) is 5.05. The number of benzene rings is 1. The molecule has 1 aliphatic heterocycles. The van der Waals surface area contributed by atoms with Crippen molar-refractivity contribution in [3.8, 4) is 0 Å². The van der Waals surface area contributed by atoms with Crippen molar-refractivity contribution in [2.24, 2.45) is 5.92 Å². The monoisotopic (exact) mass is 218 g/mol. The lowest BCUT2D eigenvalue weighted by Crippen LogP contribution is -2.23. The van der Waals surface area contributed by atoms with Gasteiger partial charge in [0.1, 0.15) is 0 Å². The maximum Gasteiger partial charge on any atom is 0.0363 e. The quantitative estimate of drug-likeness (QED) is 0.787. The van der Waals surface area contributed by atoms with E-state index >= 15 is 0 Å². The van der Waals surface area contributed by atoms with Crippen LogP contribution in [0.5, 0.6) is 0 Å². The van der Waals surface area contributed by atoms with Crippen LogP contribution in [0.3, 0.4) is 0 Å². The number of nitrogen functional groups attached to an aromatic ring is 1. The molecule has 88 valence electrons. The van der Waals surface area contributed by atoms with E-state index in [-0.39, 0.29) is 0 Å². The average molecular weight is 218 g/mol. The molecule has 0 bridgehead atoms. The summed E-state index contributed by atoms with van der Waals surface area (Å²) in [4.78, 5) is 2.52. The second kappa shape index (κ2) is 4.88. The van der Waals surface area contributed by atoms with E-state index in [0.717, 1.165) is 24.7 Å². The second-order valence-electron chi connectivity index (χ2n) is 5.05. The van der Waals surface area contributed by atoms with Crippen LogP contribution < -0.4 is 5.73 Å². The summed E-state index contributed by atoms with van der Waals surface area (Å²) >= 11 is 0. The van der Waals surface area contributed by atoms with Crippen molar-refractivity contribution in [1.82, 2.24) is 4.90 Å². The van der Waals surface area contributed by atoms with Crippen molar-refractivity contribution < 1.29 is 0 Å². The highest BCUT2D eigenvalue weighted by Gasteiger charge is 2.21. The molecule has 1 aliphatic rings. The standard InChI is InChI=1S/C14H22N2/c1-3-5-11(2)8-16-9-12-6-4-7-14(15)13(12)10-16/h4,6-7,11H,3,5,8-10,15H2,1-2H3. The normalized spacial score (nSPS) is 17.4. The molecule has 2 N–H and O–H groups in total. The molecule has 0 spiro atoms. The van der Waals surface area contributed by atoms with Crippen LogP contribution in [0.25, 0.3) is 0 Å². The minimum atomic E-state index is 0.792. The Kier molecular flexibility index (Phi) is 3.49. The molecule has 1 aromatic carbocycles. The Morgan fingerprint density at radius 1 is 1.38 bits per heavy atom. The summed E-state index contributed by atoms with van der Waals surface area (Å²) < 4.78 is 0. The molecule has 16 heavy (non-hydrogen) atoms. The zero-order valence-corrected chi connectivity index (χ0v) is 10.4. The van der Waals surface area contributed by atoms with Gasteiger partial charge in [0, 0.05) is 25.3 Å². The zero-order valence-electron chi connectivity index (χ0n) is 10.4. The Hall–Kier alpha value is -1.02. The molecule has 0 amide bonds. The highest BCUT2D eigenvalue weighted by Crippen LogP contribution is 2.28. The van der Waals surface area contributed by atoms with E-state index in [2.05, 4.69) is 30.9 Å². The fraction of sp³-hybridized carbons (Fsp3) is 0.571. The third-order valence-corrected chi connectivity index (χ3v) is 3.44. The third kappa shape index (κ3) is 2.38.